The van der Waals surface area contributed by atoms with Crippen molar-refractivity contribution in [1.29, 1.82) is 0 Å². The topological polar surface area (TPSA) is 66.8 Å². The molecule has 6 nitrogen and oxygen atoms in total. The molecule has 0 radical (unpaired) electrons. The van der Waals surface area contributed by atoms with Crippen LogP contribution in [0.15, 0.2) is 18.2 Å². The van der Waals surface area contributed by atoms with Crippen molar-refractivity contribution in [2.24, 2.45) is 7.05 Å². The predicted octanol–water partition coefficient (Wildman–Crippen LogP) is 3.40. The standard InChI is InChI=1S/C20H25NO5/c1-11-8-9-15(16(10-11)24-6)26-14(4)19(22)17-12(2)18(20(23)25-7)21(5)13(17)3/h8-10,14H,1-7H3. The minimum absolute atomic E-state index is 0.201. The number of methoxy groups -OCH3 is 2. The Morgan fingerprint density at radius 1 is 1.08 bits per heavy atom. The number of carbonyl (C=O) groups is 2. The second-order valence-electron chi connectivity index (χ2n) is 6.26. The molecule has 0 spiro atoms. The Kier molecular flexibility index (Phi) is 5.75. The molecular formula is C20H25NO5. The van der Waals surface area contributed by atoms with E-state index >= 15 is 0 Å². The van der Waals surface area contributed by atoms with Crippen molar-refractivity contribution in [3.8, 4) is 11.5 Å². The van der Waals surface area contributed by atoms with Gasteiger partial charge in [0.1, 0.15) is 5.69 Å². The first-order valence-electron chi connectivity index (χ1n) is 8.32. The van der Waals surface area contributed by atoms with Gasteiger partial charge in [0, 0.05) is 18.3 Å². The lowest BCUT2D eigenvalue weighted by Crippen LogP contribution is -2.25. The first kappa shape index (κ1) is 19.6. The van der Waals surface area contributed by atoms with Gasteiger partial charge in [0.15, 0.2) is 17.6 Å². The number of carbonyl (C=O) groups excluding carboxylic acids is 2. The van der Waals surface area contributed by atoms with E-state index < -0.39 is 12.1 Å². The van der Waals surface area contributed by atoms with E-state index in [-0.39, 0.29) is 5.78 Å². The van der Waals surface area contributed by atoms with Crippen molar-refractivity contribution in [1.82, 2.24) is 4.57 Å². The molecule has 0 bridgehead atoms. The fraction of sp³-hybridized carbons (Fsp3) is 0.400. The number of hydrogen-bond acceptors (Lipinski definition) is 5. The van der Waals surface area contributed by atoms with Gasteiger partial charge in [0.2, 0.25) is 5.78 Å². The summed E-state index contributed by atoms with van der Waals surface area (Å²) in [6.45, 7) is 7.18. The van der Waals surface area contributed by atoms with E-state index in [1.807, 2.05) is 19.1 Å². The molecule has 0 amide bonds. The Balaban J connectivity index is 2.36. The summed E-state index contributed by atoms with van der Waals surface area (Å²) in [7, 11) is 4.61. The van der Waals surface area contributed by atoms with E-state index in [0.29, 0.717) is 34.0 Å². The van der Waals surface area contributed by atoms with E-state index in [4.69, 9.17) is 14.2 Å². The molecule has 2 rings (SSSR count). The largest absolute Gasteiger partial charge is 0.493 e. The summed E-state index contributed by atoms with van der Waals surface area (Å²) < 4.78 is 17.7. The van der Waals surface area contributed by atoms with Crippen LogP contribution in [0.25, 0.3) is 0 Å². The Morgan fingerprint density at radius 3 is 2.31 bits per heavy atom. The van der Waals surface area contributed by atoms with E-state index in [9.17, 15) is 9.59 Å². The van der Waals surface area contributed by atoms with Crippen LogP contribution in [0.5, 0.6) is 11.5 Å². The van der Waals surface area contributed by atoms with Crippen LogP contribution in [0, 0.1) is 20.8 Å². The summed E-state index contributed by atoms with van der Waals surface area (Å²) in [5.41, 5.74) is 3.16. The van der Waals surface area contributed by atoms with Gasteiger partial charge >= 0.3 is 5.97 Å². The summed E-state index contributed by atoms with van der Waals surface area (Å²) in [5.74, 6) is 0.397. The minimum Gasteiger partial charge on any atom is -0.493 e. The number of esters is 1. The monoisotopic (exact) mass is 359 g/mol. The Morgan fingerprint density at radius 2 is 1.73 bits per heavy atom. The van der Waals surface area contributed by atoms with Gasteiger partial charge in [-0.2, -0.15) is 0 Å². The van der Waals surface area contributed by atoms with E-state index in [1.165, 1.54) is 7.11 Å². The number of nitrogens with zero attached hydrogens (tertiary/aromatic N) is 1. The molecule has 1 aromatic carbocycles. The van der Waals surface area contributed by atoms with Gasteiger partial charge in [-0.05, 0) is 51.0 Å². The number of aryl methyl sites for hydroxylation is 1. The van der Waals surface area contributed by atoms with E-state index in [0.717, 1.165) is 5.56 Å². The molecule has 0 aliphatic heterocycles. The van der Waals surface area contributed by atoms with Crippen LogP contribution in [-0.4, -0.2) is 36.6 Å². The van der Waals surface area contributed by atoms with Gasteiger partial charge in [-0.25, -0.2) is 4.79 Å². The SMILES string of the molecule is COC(=O)c1c(C)c(C(=O)C(C)Oc2ccc(C)cc2OC)c(C)n1C. The molecule has 2 aromatic rings. The Labute approximate surface area is 153 Å². The third-order valence-electron chi connectivity index (χ3n) is 4.55. The minimum atomic E-state index is -0.739. The highest BCUT2D eigenvalue weighted by Gasteiger charge is 2.29. The molecule has 0 fully saturated rings. The molecule has 0 N–H and O–H groups in total. The summed E-state index contributed by atoms with van der Waals surface area (Å²) in [5, 5.41) is 0. The number of hydrogen-bond donors (Lipinski definition) is 0. The molecule has 6 heteroatoms. The third-order valence-corrected chi connectivity index (χ3v) is 4.55. The lowest BCUT2D eigenvalue weighted by atomic mass is 10.0. The van der Waals surface area contributed by atoms with Crippen LogP contribution in [0.3, 0.4) is 0 Å². The fourth-order valence-corrected chi connectivity index (χ4v) is 3.05. The highest BCUT2D eigenvalue weighted by molar-refractivity contribution is 6.05. The van der Waals surface area contributed by atoms with Crippen molar-refractivity contribution in [2.75, 3.05) is 14.2 Å². The smallest absolute Gasteiger partial charge is 0.354 e. The van der Waals surface area contributed by atoms with Crippen LogP contribution in [-0.2, 0) is 11.8 Å². The first-order chi connectivity index (χ1) is 12.2. The summed E-state index contributed by atoms with van der Waals surface area (Å²) in [4.78, 5) is 25.0. The quantitative estimate of drug-likeness (QED) is 0.584. The van der Waals surface area contributed by atoms with Crippen LogP contribution in [0.4, 0.5) is 0 Å². The zero-order valence-electron chi connectivity index (χ0n) is 16.3. The second-order valence-corrected chi connectivity index (χ2v) is 6.26. The Bertz CT molecular complexity index is 850. The molecule has 140 valence electrons. The molecule has 0 aliphatic carbocycles. The van der Waals surface area contributed by atoms with Crippen molar-refractivity contribution in [3.05, 3.63) is 46.3 Å². The number of benzene rings is 1. The van der Waals surface area contributed by atoms with E-state index in [2.05, 4.69) is 0 Å². The normalized spacial score (nSPS) is 11.8. The second kappa shape index (κ2) is 7.64. The zero-order valence-corrected chi connectivity index (χ0v) is 16.3. The maximum absolute atomic E-state index is 13.0. The van der Waals surface area contributed by atoms with Crippen LogP contribution >= 0.6 is 0 Å². The first-order valence-corrected chi connectivity index (χ1v) is 8.32. The molecule has 0 aliphatic rings. The van der Waals surface area contributed by atoms with Crippen molar-refractivity contribution >= 4 is 11.8 Å². The maximum atomic E-state index is 13.0. The lowest BCUT2D eigenvalue weighted by molar-refractivity contribution is 0.0588. The number of Topliss-reactive ketones (excluding diaryl/α,β-unsaturated/α-hetero) is 1. The zero-order chi connectivity index (χ0) is 19.6. The highest BCUT2D eigenvalue weighted by atomic mass is 16.5. The van der Waals surface area contributed by atoms with Gasteiger partial charge in [-0.15, -0.1) is 0 Å². The van der Waals surface area contributed by atoms with Crippen LogP contribution in [0.2, 0.25) is 0 Å². The van der Waals surface area contributed by atoms with Gasteiger partial charge < -0.3 is 18.8 Å². The van der Waals surface area contributed by atoms with Gasteiger partial charge in [0.25, 0.3) is 0 Å². The molecule has 1 aromatic heterocycles. The fourth-order valence-electron chi connectivity index (χ4n) is 3.05. The molecule has 1 heterocycles. The Hall–Kier alpha value is -2.76. The summed E-state index contributed by atoms with van der Waals surface area (Å²) in [6, 6.07) is 5.52. The molecule has 1 atom stereocenters. The molecule has 0 saturated heterocycles. The van der Waals surface area contributed by atoms with Gasteiger partial charge in [-0.1, -0.05) is 6.07 Å². The predicted molar refractivity (Wildman–Crippen MR) is 98.4 cm³/mol. The maximum Gasteiger partial charge on any atom is 0.354 e. The van der Waals surface area contributed by atoms with Crippen molar-refractivity contribution in [3.63, 3.8) is 0 Å². The number of aromatic nitrogens is 1. The lowest BCUT2D eigenvalue weighted by Gasteiger charge is -2.17. The number of rotatable bonds is 6. The summed E-state index contributed by atoms with van der Waals surface area (Å²) in [6.07, 6.45) is -0.739. The average molecular weight is 359 g/mol. The molecule has 26 heavy (non-hydrogen) atoms. The molecule has 1 unspecified atom stereocenters. The van der Waals surface area contributed by atoms with Crippen molar-refractivity contribution < 1.29 is 23.8 Å². The number of ketones is 1. The molecule has 0 saturated carbocycles. The average Bonchev–Trinajstić information content (AvgIpc) is 2.84. The summed E-state index contributed by atoms with van der Waals surface area (Å²) >= 11 is 0. The van der Waals surface area contributed by atoms with Gasteiger partial charge in [0.05, 0.1) is 14.2 Å². The van der Waals surface area contributed by atoms with Crippen molar-refractivity contribution in [2.45, 2.75) is 33.8 Å². The highest BCUT2D eigenvalue weighted by Crippen LogP contribution is 2.30. The van der Waals surface area contributed by atoms with Crippen LogP contribution in [0.1, 0.15) is 44.6 Å². The van der Waals surface area contributed by atoms with Gasteiger partial charge in [-0.3, -0.25) is 4.79 Å². The molecular weight excluding hydrogens is 334 g/mol. The third kappa shape index (κ3) is 3.45. The number of ether oxygens (including phenoxy) is 3. The van der Waals surface area contributed by atoms with E-state index in [1.54, 1.807) is 45.6 Å². The van der Waals surface area contributed by atoms with Crippen LogP contribution < -0.4 is 9.47 Å².